The van der Waals surface area contributed by atoms with E-state index in [1.807, 2.05) is 23.1 Å². The van der Waals surface area contributed by atoms with Crippen molar-refractivity contribution in [3.63, 3.8) is 0 Å². The molecule has 1 saturated heterocycles. The molecule has 1 aliphatic rings. The highest BCUT2D eigenvalue weighted by molar-refractivity contribution is 5.79. The minimum Gasteiger partial charge on any atom is -0.336 e. The Balaban J connectivity index is 2.08. The summed E-state index contributed by atoms with van der Waals surface area (Å²) in [5.41, 5.74) is 6.50. The van der Waals surface area contributed by atoms with Crippen LogP contribution in [0, 0.1) is 0 Å². The third-order valence-electron chi connectivity index (χ3n) is 3.80. The molecule has 2 heterocycles. The molecule has 2 rings (SSSR count). The third-order valence-corrected chi connectivity index (χ3v) is 3.80. The molecular formula is C14H21N3O. The van der Waals surface area contributed by atoms with Gasteiger partial charge in [-0.3, -0.25) is 9.78 Å². The molecule has 0 bridgehead atoms. The lowest BCUT2D eigenvalue weighted by Gasteiger charge is -2.44. The number of carbonyl (C=O) groups excluding carboxylic acids is 1. The second-order valence-corrected chi connectivity index (χ2v) is 5.20. The van der Waals surface area contributed by atoms with Crippen LogP contribution in [0.2, 0.25) is 0 Å². The summed E-state index contributed by atoms with van der Waals surface area (Å²) in [6.07, 6.45) is 5.32. The van der Waals surface area contributed by atoms with Crippen LogP contribution in [0.5, 0.6) is 0 Å². The van der Waals surface area contributed by atoms with Crippen LogP contribution >= 0.6 is 0 Å². The molecule has 18 heavy (non-hydrogen) atoms. The Bertz CT molecular complexity index is 407. The molecule has 98 valence electrons. The molecule has 1 aliphatic heterocycles. The van der Waals surface area contributed by atoms with Gasteiger partial charge >= 0.3 is 0 Å². The molecule has 1 fully saturated rings. The van der Waals surface area contributed by atoms with Crippen molar-refractivity contribution >= 4 is 5.91 Å². The zero-order chi connectivity index (χ0) is 13.0. The maximum absolute atomic E-state index is 12.4. The number of hydrogen-bond acceptors (Lipinski definition) is 3. The van der Waals surface area contributed by atoms with Gasteiger partial charge in [-0.15, -0.1) is 0 Å². The van der Waals surface area contributed by atoms with Crippen molar-refractivity contribution in [1.29, 1.82) is 0 Å². The van der Waals surface area contributed by atoms with Gasteiger partial charge in [0.15, 0.2) is 0 Å². The van der Waals surface area contributed by atoms with E-state index in [1.165, 1.54) is 0 Å². The fourth-order valence-electron chi connectivity index (χ4n) is 2.57. The molecule has 1 atom stereocenters. The van der Waals surface area contributed by atoms with E-state index in [2.05, 4.69) is 11.9 Å². The Hall–Kier alpha value is -1.42. The molecule has 0 spiro atoms. The van der Waals surface area contributed by atoms with E-state index in [0.29, 0.717) is 13.0 Å². The van der Waals surface area contributed by atoms with Gasteiger partial charge in [0.05, 0.1) is 12.0 Å². The van der Waals surface area contributed by atoms with E-state index in [1.54, 1.807) is 6.20 Å². The number of nitrogens with two attached hydrogens (primary N) is 1. The Kier molecular flexibility index (Phi) is 3.97. The normalized spacial score (nSPS) is 24.0. The predicted molar refractivity (Wildman–Crippen MR) is 71.0 cm³/mol. The smallest absolute Gasteiger partial charge is 0.229 e. The monoisotopic (exact) mass is 247 g/mol. The van der Waals surface area contributed by atoms with Crippen molar-refractivity contribution in [2.75, 3.05) is 13.1 Å². The summed E-state index contributed by atoms with van der Waals surface area (Å²) >= 11 is 0. The molecule has 1 aromatic rings. The summed E-state index contributed by atoms with van der Waals surface area (Å²) in [7, 11) is 0. The summed E-state index contributed by atoms with van der Waals surface area (Å²) in [6, 6.07) is 5.66. The molecule has 1 aromatic heterocycles. The van der Waals surface area contributed by atoms with Gasteiger partial charge < -0.3 is 10.6 Å². The molecule has 4 nitrogen and oxygen atoms in total. The summed E-state index contributed by atoms with van der Waals surface area (Å²) in [6.45, 7) is 3.43. The molecular weight excluding hydrogens is 226 g/mol. The minimum absolute atomic E-state index is 0.140. The molecule has 1 unspecified atom stereocenters. The number of piperidine rings is 1. The molecule has 0 saturated carbocycles. The van der Waals surface area contributed by atoms with E-state index in [0.717, 1.165) is 31.5 Å². The van der Waals surface area contributed by atoms with Gasteiger partial charge in [0.25, 0.3) is 0 Å². The van der Waals surface area contributed by atoms with E-state index in [9.17, 15) is 4.79 Å². The largest absolute Gasteiger partial charge is 0.336 e. The number of hydrogen-bond donors (Lipinski definition) is 1. The van der Waals surface area contributed by atoms with Crippen LogP contribution in [0.15, 0.2) is 24.4 Å². The average Bonchev–Trinajstić information content (AvgIpc) is 2.40. The first-order valence-electron chi connectivity index (χ1n) is 6.56. The summed E-state index contributed by atoms with van der Waals surface area (Å²) < 4.78 is 0. The fourth-order valence-corrected chi connectivity index (χ4v) is 2.57. The van der Waals surface area contributed by atoms with Crippen LogP contribution in [0.4, 0.5) is 0 Å². The Morgan fingerprint density at radius 2 is 2.33 bits per heavy atom. The highest BCUT2D eigenvalue weighted by Gasteiger charge is 2.35. The van der Waals surface area contributed by atoms with Gasteiger partial charge in [-0.2, -0.15) is 0 Å². The highest BCUT2D eigenvalue weighted by Crippen LogP contribution is 2.27. The zero-order valence-electron chi connectivity index (χ0n) is 10.9. The predicted octanol–water partition coefficient (Wildman–Crippen LogP) is 1.35. The molecule has 2 N–H and O–H groups in total. The zero-order valence-corrected chi connectivity index (χ0v) is 10.9. The first-order valence-corrected chi connectivity index (χ1v) is 6.56. The Labute approximate surface area is 108 Å². The number of nitrogens with zero attached hydrogens (tertiary/aromatic N) is 2. The number of likely N-dealkylation sites (tertiary alicyclic amines) is 1. The van der Waals surface area contributed by atoms with Crippen LogP contribution in [0.25, 0.3) is 0 Å². The number of pyridine rings is 1. The number of aromatic nitrogens is 1. The molecule has 1 amide bonds. The number of carbonyl (C=O) groups is 1. The van der Waals surface area contributed by atoms with Crippen LogP contribution in [-0.4, -0.2) is 34.4 Å². The van der Waals surface area contributed by atoms with E-state index < -0.39 is 0 Å². The van der Waals surface area contributed by atoms with Crippen LogP contribution < -0.4 is 5.73 Å². The minimum atomic E-state index is -0.176. The van der Waals surface area contributed by atoms with Gasteiger partial charge in [-0.05, 0) is 38.3 Å². The van der Waals surface area contributed by atoms with E-state index >= 15 is 0 Å². The molecule has 0 aromatic carbocycles. The molecule has 4 heteroatoms. The lowest BCUT2D eigenvalue weighted by molar-refractivity contribution is -0.138. The van der Waals surface area contributed by atoms with Crippen molar-refractivity contribution < 1.29 is 4.79 Å². The van der Waals surface area contributed by atoms with Crippen LogP contribution in [0.1, 0.15) is 31.9 Å². The Morgan fingerprint density at radius 3 is 3.00 bits per heavy atom. The van der Waals surface area contributed by atoms with E-state index in [4.69, 9.17) is 5.73 Å². The SMILES string of the molecule is CC1(CN)CCCCN1C(=O)Cc1ccccn1. The Morgan fingerprint density at radius 1 is 1.50 bits per heavy atom. The topological polar surface area (TPSA) is 59.2 Å². The lowest BCUT2D eigenvalue weighted by Crippen LogP contribution is -2.57. The van der Waals surface area contributed by atoms with Crippen molar-refractivity contribution in [3.8, 4) is 0 Å². The lowest BCUT2D eigenvalue weighted by atomic mass is 9.88. The van der Waals surface area contributed by atoms with Gasteiger partial charge in [0.2, 0.25) is 5.91 Å². The van der Waals surface area contributed by atoms with Crippen molar-refractivity contribution in [3.05, 3.63) is 30.1 Å². The number of amides is 1. The fraction of sp³-hybridized carbons (Fsp3) is 0.571. The van der Waals surface area contributed by atoms with Gasteiger partial charge in [-0.1, -0.05) is 6.07 Å². The van der Waals surface area contributed by atoms with Gasteiger partial charge in [-0.25, -0.2) is 0 Å². The van der Waals surface area contributed by atoms with Crippen molar-refractivity contribution in [2.24, 2.45) is 5.73 Å². The maximum Gasteiger partial charge on any atom is 0.229 e. The van der Waals surface area contributed by atoms with Gasteiger partial charge in [0, 0.05) is 25.0 Å². The molecule has 0 aliphatic carbocycles. The first-order chi connectivity index (χ1) is 8.65. The second kappa shape index (κ2) is 5.48. The highest BCUT2D eigenvalue weighted by atomic mass is 16.2. The van der Waals surface area contributed by atoms with Crippen molar-refractivity contribution in [2.45, 2.75) is 38.1 Å². The third kappa shape index (κ3) is 2.70. The van der Waals surface area contributed by atoms with Crippen LogP contribution in [-0.2, 0) is 11.2 Å². The summed E-state index contributed by atoms with van der Waals surface area (Å²) in [4.78, 5) is 18.5. The van der Waals surface area contributed by atoms with Crippen LogP contribution in [0.3, 0.4) is 0 Å². The summed E-state index contributed by atoms with van der Waals surface area (Å²) in [5, 5.41) is 0. The quantitative estimate of drug-likeness (QED) is 0.877. The van der Waals surface area contributed by atoms with Crippen molar-refractivity contribution in [1.82, 2.24) is 9.88 Å². The average molecular weight is 247 g/mol. The summed E-state index contributed by atoms with van der Waals surface area (Å²) in [5.74, 6) is 0.140. The van der Waals surface area contributed by atoms with E-state index in [-0.39, 0.29) is 11.4 Å². The number of rotatable bonds is 3. The van der Waals surface area contributed by atoms with Gasteiger partial charge in [0.1, 0.15) is 0 Å². The maximum atomic E-state index is 12.4. The standard InChI is InChI=1S/C14H21N3O/c1-14(11-15)7-3-5-9-17(14)13(18)10-12-6-2-4-8-16-12/h2,4,6,8H,3,5,7,9-11,15H2,1H3. The second-order valence-electron chi connectivity index (χ2n) is 5.20. The first kappa shape index (κ1) is 13.0. The molecule has 0 radical (unpaired) electrons.